The number of amides is 1. The molecule has 0 saturated carbocycles. The van der Waals surface area contributed by atoms with E-state index in [1.54, 1.807) is 12.1 Å². The Balaban J connectivity index is 0.00000312. The molecule has 1 heterocycles. The van der Waals surface area contributed by atoms with E-state index in [1.165, 1.54) is 6.07 Å². The van der Waals surface area contributed by atoms with Crippen LogP contribution in [0.3, 0.4) is 0 Å². The summed E-state index contributed by atoms with van der Waals surface area (Å²) in [6.07, 6.45) is 2.86. The third-order valence-electron chi connectivity index (χ3n) is 4.59. The fraction of sp³-hybridized carbons (Fsp3) is 0.611. The summed E-state index contributed by atoms with van der Waals surface area (Å²) in [6, 6.07) is 7.22. The zero-order chi connectivity index (χ0) is 17.5. The normalized spacial score (nSPS) is 20.8. The van der Waals surface area contributed by atoms with Crippen LogP contribution in [0.5, 0.6) is 0 Å². The minimum atomic E-state index is -0.200. The van der Waals surface area contributed by atoms with Gasteiger partial charge < -0.3 is 10.2 Å². The Bertz CT molecular complexity index is 546. The Hall–Kier alpha value is -1.21. The minimum Gasteiger partial charge on any atom is -0.345 e. The first-order valence-corrected chi connectivity index (χ1v) is 8.67. The Kier molecular flexibility index (Phi) is 9.35. The predicted octanol–water partition coefficient (Wildman–Crippen LogP) is 2.25. The predicted molar refractivity (Wildman–Crippen MR) is 101 cm³/mol. The van der Waals surface area contributed by atoms with Gasteiger partial charge in [0.2, 0.25) is 5.91 Å². The van der Waals surface area contributed by atoms with Crippen molar-refractivity contribution < 1.29 is 9.18 Å². The lowest BCUT2D eigenvalue weighted by Crippen LogP contribution is -2.37. The molecule has 0 aromatic heterocycles. The van der Waals surface area contributed by atoms with Crippen molar-refractivity contribution in [3.05, 3.63) is 35.6 Å². The van der Waals surface area contributed by atoms with E-state index in [0.717, 1.165) is 31.4 Å². The Labute approximate surface area is 156 Å². The Morgan fingerprint density at radius 2 is 2.20 bits per heavy atom. The van der Waals surface area contributed by atoms with Gasteiger partial charge in [0.15, 0.2) is 0 Å². The maximum atomic E-state index is 13.3. The standard InChI is InChI=1S/C18H29FN4O.ClH/c1-13(12-20-2)18(24)23(3)9-5-8-16-11-17(22-21-16)14-6-4-7-15(19)10-14;/h4,6-7,10,13,16-17,20-22H,5,8-9,11-12H2,1-3H3;1H. The van der Waals surface area contributed by atoms with Crippen LogP contribution in [0.4, 0.5) is 4.39 Å². The number of rotatable bonds is 8. The maximum Gasteiger partial charge on any atom is 0.226 e. The van der Waals surface area contributed by atoms with Crippen molar-refractivity contribution in [2.75, 3.05) is 27.2 Å². The molecule has 142 valence electrons. The molecule has 1 aliphatic heterocycles. The van der Waals surface area contributed by atoms with Gasteiger partial charge in [0, 0.05) is 38.1 Å². The molecule has 1 amide bonds. The molecule has 3 N–H and O–H groups in total. The fourth-order valence-corrected chi connectivity index (χ4v) is 3.21. The molecule has 5 nitrogen and oxygen atoms in total. The maximum absolute atomic E-state index is 13.3. The van der Waals surface area contributed by atoms with Crippen molar-refractivity contribution >= 4 is 18.3 Å². The van der Waals surface area contributed by atoms with Gasteiger partial charge in [0.05, 0.1) is 0 Å². The summed E-state index contributed by atoms with van der Waals surface area (Å²) in [7, 11) is 3.72. The van der Waals surface area contributed by atoms with E-state index in [-0.39, 0.29) is 36.1 Å². The van der Waals surface area contributed by atoms with E-state index in [0.29, 0.717) is 12.6 Å². The molecule has 3 atom stereocenters. The van der Waals surface area contributed by atoms with Crippen LogP contribution in [0.25, 0.3) is 0 Å². The molecule has 1 aromatic rings. The molecule has 2 rings (SSSR count). The molecule has 0 aliphatic carbocycles. The van der Waals surface area contributed by atoms with Crippen molar-refractivity contribution in [1.82, 2.24) is 21.1 Å². The lowest BCUT2D eigenvalue weighted by molar-refractivity contribution is -0.133. The van der Waals surface area contributed by atoms with Crippen LogP contribution >= 0.6 is 12.4 Å². The molecular formula is C18H30ClFN4O. The molecule has 3 unspecified atom stereocenters. The van der Waals surface area contributed by atoms with Crippen LogP contribution in [0.15, 0.2) is 24.3 Å². The smallest absolute Gasteiger partial charge is 0.226 e. The van der Waals surface area contributed by atoms with Crippen LogP contribution in [0.1, 0.15) is 37.8 Å². The molecule has 25 heavy (non-hydrogen) atoms. The number of benzene rings is 1. The number of nitrogens with one attached hydrogen (secondary N) is 3. The van der Waals surface area contributed by atoms with Crippen LogP contribution in [-0.2, 0) is 4.79 Å². The summed E-state index contributed by atoms with van der Waals surface area (Å²) in [5.74, 6) is -0.0169. The molecule has 0 radical (unpaired) electrons. The van der Waals surface area contributed by atoms with Gasteiger partial charge in [-0.15, -0.1) is 12.4 Å². The SMILES string of the molecule is CNCC(C)C(=O)N(C)CCCC1CC(c2cccc(F)c2)NN1.Cl. The van der Waals surface area contributed by atoms with Crippen molar-refractivity contribution in [2.45, 2.75) is 38.3 Å². The second-order valence-electron chi connectivity index (χ2n) is 6.69. The average Bonchev–Trinajstić information content (AvgIpc) is 3.03. The summed E-state index contributed by atoms with van der Waals surface area (Å²) in [5, 5.41) is 3.04. The lowest BCUT2D eigenvalue weighted by atomic mass is 9.99. The monoisotopic (exact) mass is 372 g/mol. The van der Waals surface area contributed by atoms with Crippen molar-refractivity contribution in [3.8, 4) is 0 Å². The first-order chi connectivity index (χ1) is 11.5. The highest BCUT2D eigenvalue weighted by atomic mass is 35.5. The molecule has 1 aliphatic rings. The van der Waals surface area contributed by atoms with E-state index < -0.39 is 0 Å². The van der Waals surface area contributed by atoms with Crippen LogP contribution in [0, 0.1) is 11.7 Å². The van der Waals surface area contributed by atoms with E-state index in [4.69, 9.17) is 0 Å². The Morgan fingerprint density at radius 1 is 1.44 bits per heavy atom. The molecule has 1 saturated heterocycles. The van der Waals surface area contributed by atoms with E-state index in [1.807, 2.05) is 32.0 Å². The highest BCUT2D eigenvalue weighted by Crippen LogP contribution is 2.24. The van der Waals surface area contributed by atoms with Gasteiger partial charge in [-0.1, -0.05) is 19.1 Å². The number of halogens is 2. The van der Waals surface area contributed by atoms with Gasteiger partial charge >= 0.3 is 0 Å². The van der Waals surface area contributed by atoms with Crippen LogP contribution < -0.4 is 16.2 Å². The van der Waals surface area contributed by atoms with E-state index in [9.17, 15) is 9.18 Å². The zero-order valence-electron chi connectivity index (χ0n) is 15.2. The zero-order valence-corrected chi connectivity index (χ0v) is 16.0. The third-order valence-corrected chi connectivity index (χ3v) is 4.59. The molecule has 0 bridgehead atoms. The fourth-order valence-electron chi connectivity index (χ4n) is 3.21. The molecule has 1 fully saturated rings. The van der Waals surface area contributed by atoms with Crippen molar-refractivity contribution in [1.29, 1.82) is 0 Å². The molecule has 7 heteroatoms. The van der Waals surface area contributed by atoms with E-state index in [2.05, 4.69) is 16.2 Å². The second kappa shape index (κ2) is 10.7. The van der Waals surface area contributed by atoms with Crippen LogP contribution in [-0.4, -0.2) is 44.0 Å². The number of hydrazine groups is 1. The second-order valence-corrected chi connectivity index (χ2v) is 6.69. The minimum absolute atomic E-state index is 0. The number of carbonyl (C=O) groups is 1. The lowest BCUT2D eigenvalue weighted by Gasteiger charge is -2.22. The first kappa shape index (κ1) is 21.8. The number of carbonyl (C=O) groups excluding carboxylic acids is 1. The largest absolute Gasteiger partial charge is 0.345 e. The van der Waals surface area contributed by atoms with Gasteiger partial charge in [-0.2, -0.15) is 0 Å². The number of hydrogen-bond acceptors (Lipinski definition) is 4. The van der Waals surface area contributed by atoms with Gasteiger partial charge in [-0.3, -0.25) is 15.6 Å². The average molecular weight is 373 g/mol. The quantitative estimate of drug-likeness (QED) is 0.655. The summed E-state index contributed by atoms with van der Waals surface area (Å²) in [4.78, 5) is 14.0. The van der Waals surface area contributed by atoms with Crippen molar-refractivity contribution in [3.63, 3.8) is 0 Å². The van der Waals surface area contributed by atoms with Gasteiger partial charge in [0.25, 0.3) is 0 Å². The summed E-state index contributed by atoms with van der Waals surface area (Å²) >= 11 is 0. The van der Waals surface area contributed by atoms with E-state index >= 15 is 0 Å². The first-order valence-electron chi connectivity index (χ1n) is 8.67. The van der Waals surface area contributed by atoms with Gasteiger partial charge in [-0.25, -0.2) is 4.39 Å². The molecule has 1 aromatic carbocycles. The molecule has 0 spiro atoms. The Morgan fingerprint density at radius 3 is 2.88 bits per heavy atom. The summed E-state index contributed by atoms with van der Waals surface area (Å²) < 4.78 is 13.3. The van der Waals surface area contributed by atoms with Crippen molar-refractivity contribution in [2.24, 2.45) is 5.92 Å². The summed E-state index contributed by atoms with van der Waals surface area (Å²) in [5.41, 5.74) is 7.50. The highest BCUT2D eigenvalue weighted by Gasteiger charge is 2.25. The van der Waals surface area contributed by atoms with Crippen LogP contribution in [0.2, 0.25) is 0 Å². The number of hydrogen-bond donors (Lipinski definition) is 3. The van der Waals surface area contributed by atoms with Gasteiger partial charge in [-0.05, 0) is 44.0 Å². The topological polar surface area (TPSA) is 56.4 Å². The van der Waals surface area contributed by atoms with Gasteiger partial charge in [0.1, 0.15) is 5.82 Å². The summed E-state index contributed by atoms with van der Waals surface area (Å²) in [6.45, 7) is 3.41. The molecular weight excluding hydrogens is 343 g/mol. The third kappa shape index (κ3) is 6.55. The highest BCUT2D eigenvalue weighted by molar-refractivity contribution is 5.85. The number of nitrogens with zero attached hydrogens (tertiary/aromatic N) is 1.